The highest BCUT2D eigenvalue weighted by atomic mass is 79.9. The van der Waals surface area contributed by atoms with Crippen molar-refractivity contribution in [1.82, 2.24) is 4.98 Å². The number of anilines is 2. The van der Waals surface area contributed by atoms with E-state index in [1.165, 1.54) is 0 Å². The maximum atomic E-state index is 12.1. The molecule has 0 amide bonds. The van der Waals surface area contributed by atoms with Gasteiger partial charge in [0.05, 0.1) is 12.1 Å². The number of halogens is 1. The summed E-state index contributed by atoms with van der Waals surface area (Å²) < 4.78 is 11.9. The van der Waals surface area contributed by atoms with Crippen molar-refractivity contribution in [3.8, 4) is 5.75 Å². The maximum absolute atomic E-state index is 12.1. The Balaban J connectivity index is 1.84. The van der Waals surface area contributed by atoms with E-state index in [0.29, 0.717) is 18.7 Å². The topological polar surface area (TPSA) is 51.7 Å². The average Bonchev–Trinajstić information content (AvgIpc) is 2.52. The molecule has 2 heterocycles. The van der Waals surface area contributed by atoms with E-state index < -0.39 is 5.60 Å². The van der Waals surface area contributed by atoms with E-state index in [9.17, 15) is 4.79 Å². The van der Waals surface area contributed by atoms with Crippen molar-refractivity contribution in [3.63, 3.8) is 0 Å². The molecule has 1 aromatic carbocycles. The van der Waals surface area contributed by atoms with E-state index >= 15 is 0 Å². The molecule has 5 nitrogen and oxygen atoms in total. The Hall–Kier alpha value is -2.08. The quantitative estimate of drug-likeness (QED) is 0.714. The highest BCUT2D eigenvalue weighted by Crippen LogP contribution is 2.36. The van der Waals surface area contributed by atoms with Crippen LogP contribution >= 0.6 is 15.9 Å². The Morgan fingerprint density at radius 2 is 2.00 bits per heavy atom. The number of hydrogen-bond donors (Lipinski definition) is 0. The fourth-order valence-corrected chi connectivity index (χ4v) is 2.75. The summed E-state index contributed by atoms with van der Waals surface area (Å²) in [6, 6.07) is 9.26. The van der Waals surface area contributed by atoms with Gasteiger partial charge in [0.1, 0.15) is 12.2 Å². The van der Waals surface area contributed by atoms with Crippen LogP contribution in [0.5, 0.6) is 5.75 Å². The number of fused-ring (bicyclic) bond motifs is 1. The summed E-state index contributed by atoms with van der Waals surface area (Å²) in [6.45, 7) is 6.85. The summed E-state index contributed by atoms with van der Waals surface area (Å²) in [4.78, 5) is 18.6. The Morgan fingerprint density at radius 1 is 1.29 bits per heavy atom. The maximum Gasteiger partial charge on any atom is 0.338 e. The van der Waals surface area contributed by atoms with Crippen LogP contribution in [0.25, 0.3) is 0 Å². The average molecular weight is 391 g/mol. The molecule has 1 aromatic heterocycles. The van der Waals surface area contributed by atoms with Crippen LogP contribution in [0, 0.1) is 0 Å². The first-order chi connectivity index (χ1) is 11.3. The van der Waals surface area contributed by atoms with Gasteiger partial charge in [-0.15, -0.1) is 0 Å². The van der Waals surface area contributed by atoms with Gasteiger partial charge in [0.25, 0.3) is 0 Å². The van der Waals surface area contributed by atoms with Gasteiger partial charge in [-0.3, -0.25) is 0 Å². The third-order valence-electron chi connectivity index (χ3n) is 3.44. The van der Waals surface area contributed by atoms with Gasteiger partial charge in [0, 0.05) is 16.4 Å². The van der Waals surface area contributed by atoms with E-state index in [1.807, 2.05) is 39.0 Å². The summed E-state index contributed by atoms with van der Waals surface area (Å²) in [7, 11) is 0. The molecule has 0 atom stereocenters. The third kappa shape index (κ3) is 3.70. The van der Waals surface area contributed by atoms with Crippen LogP contribution in [-0.4, -0.2) is 29.7 Å². The zero-order valence-corrected chi connectivity index (χ0v) is 15.5. The minimum atomic E-state index is -0.504. The van der Waals surface area contributed by atoms with E-state index in [2.05, 4.69) is 25.8 Å². The van der Waals surface area contributed by atoms with E-state index in [-0.39, 0.29) is 5.97 Å². The molecule has 6 heteroatoms. The van der Waals surface area contributed by atoms with Crippen LogP contribution in [0.1, 0.15) is 31.1 Å². The number of carbonyl (C=O) groups is 1. The second kappa shape index (κ2) is 6.43. The molecule has 24 heavy (non-hydrogen) atoms. The van der Waals surface area contributed by atoms with Crippen molar-refractivity contribution in [2.24, 2.45) is 0 Å². The van der Waals surface area contributed by atoms with Gasteiger partial charge in [-0.1, -0.05) is 0 Å². The van der Waals surface area contributed by atoms with Gasteiger partial charge >= 0.3 is 5.97 Å². The minimum absolute atomic E-state index is 0.321. The van der Waals surface area contributed by atoms with Gasteiger partial charge in [0.2, 0.25) is 0 Å². The second-order valence-corrected chi connectivity index (χ2v) is 7.44. The molecule has 0 radical (unpaired) electrons. The molecular formula is C18H19BrN2O3. The lowest BCUT2D eigenvalue weighted by Gasteiger charge is -2.30. The molecule has 3 rings (SSSR count). The van der Waals surface area contributed by atoms with Gasteiger partial charge in [0.15, 0.2) is 11.6 Å². The molecule has 2 aromatic rings. The van der Waals surface area contributed by atoms with Gasteiger partial charge in [-0.25, -0.2) is 9.78 Å². The Morgan fingerprint density at radius 3 is 2.67 bits per heavy atom. The molecule has 1 aliphatic rings. The van der Waals surface area contributed by atoms with Gasteiger partial charge in [-0.05, 0) is 67.0 Å². The number of esters is 1. The largest absolute Gasteiger partial charge is 0.488 e. The SMILES string of the molecule is CC(C)(C)OC(=O)c1ccc(N2CCOc3cc(Br)cnc32)cc1. The first-order valence-corrected chi connectivity index (χ1v) is 8.52. The monoisotopic (exact) mass is 390 g/mol. The third-order valence-corrected chi connectivity index (χ3v) is 3.87. The van der Waals surface area contributed by atoms with Crippen molar-refractivity contribution in [2.45, 2.75) is 26.4 Å². The van der Waals surface area contributed by atoms with Crippen LogP contribution in [0.3, 0.4) is 0 Å². The first-order valence-electron chi connectivity index (χ1n) is 7.73. The first kappa shape index (κ1) is 16.8. The fraction of sp³-hybridized carbons (Fsp3) is 0.333. The Labute approximate surface area is 149 Å². The standard InChI is InChI=1S/C18H19BrN2O3/c1-18(2,3)24-17(22)12-4-6-14(7-5-12)21-8-9-23-15-10-13(19)11-20-16(15)21/h4-7,10-11H,8-9H2,1-3H3. The molecule has 126 valence electrons. The predicted octanol–water partition coefficient (Wildman–Crippen LogP) is 4.33. The number of aromatic nitrogens is 1. The van der Waals surface area contributed by atoms with Crippen molar-refractivity contribution in [3.05, 3.63) is 46.6 Å². The summed E-state index contributed by atoms with van der Waals surface area (Å²) in [6.07, 6.45) is 1.75. The lowest BCUT2D eigenvalue weighted by atomic mass is 10.1. The van der Waals surface area contributed by atoms with Crippen molar-refractivity contribution in [2.75, 3.05) is 18.1 Å². The van der Waals surface area contributed by atoms with Crippen molar-refractivity contribution in [1.29, 1.82) is 0 Å². The van der Waals surface area contributed by atoms with Crippen LogP contribution in [0.15, 0.2) is 41.0 Å². The number of benzene rings is 1. The molecule has 0 aliphatic carbocycles. The summed E-state index contributed by atoms with van der Waals surface area (Å²) in [5.74, 6) is 1.19. The number of carbonyl (C=O) groups excluding carboxylic acids is 1. The number of pyridine rings is 1. The second-order valence-electron chi connectivity index (χ2n) is 6.52. The molecule has 0 saturated heterocycles. The Bertz CT molecular complexity index is 754. The van der Waals surface area contributed by atoms with Gasteiger partial charge in [-0.2, -0.15) is 0 Å². The van der Waals surface area contributed by atoms with Crippen LogP contribution in [0.2, 0.25) is 0 Å². The number of ether oxygens (including phenoxy) is 2. The summed E-state index contributed by atoms with van der Waals surface area (Å²) in [5, 5.41) is 0. The van der Waals surface area contributed by atoms with E-state index in [0.717, 1.165) is 21.7 Å². The molecule has 1 aliphatic heterocycles. The van der Waals surface area contributed by atoms with Crippen molar-refractivity contribution >= 4 is 33.4 Å². The summed E-state index contributed by atoms with van der Waals surface area (Å²) >= 11 is 3.40. The Kier molecular flexibility index (Phi) is 4.49. The molecule has 0 saturated carbocycles. The molecule has 0 spiro atoms. The number of rotatable bonds is 2. The highest BCUT2D eigenvalue weighted by Gasteiger charge is 2.22. The van der Waals surface area contributed by atoms with Crippen LogP contribution in [-0.2, 0) is 4.74 Å². The molecule has 0 unspecified atom stereocenters. The smallest absolute Gasteiger partial charge is 0.338 e. The van der Waals surface area contributed by atoms with Gasteiger partial charge < -0.3 is 14.4 Å². The zero-order valence-electron chi connectivity index (χ0n) is 13.9. The number of hydrogen-bond acceptors (Lipinski definition) is 5. The molecule has 0 bridgehead atoms. The van der Waals surface area contributed by atoms with Crippen LogP contribution in [0.4, 0.5) is 11.5 Å². The van der Waals surface area contributed by atoms with Crippen LogP contribution < -0.4 is 9.64 Å². The summed E-state index contributed by atoms with van der Waals surface area (Å²) in [5.41, 5.74) is 0.989. The normalized spacial score (nSPS) is 13.9. The van der Waals surface area contributed by atoms with E-state index in [4.69, 9.17) is 9.47 Å². The predicted molar refractivity (Wildman–Crippen MR) is 96.0 cm³/mol. The fourth-order valence-electron chi connectivity index (χ4n) is 2.44. The highest BCUT2D eigenvalue weighted by molar-refractivity contribution is 9.10. The lowest BCUT2D eigenvalue weighted by molar-refractivity contribution is 0.00696. The lowest BCUT2D eigenvalue weighted by Crippen LogP contribution is -2.29. The van der Waals surface area contributed by atoms with Crippen molar-refractivity contribution < 1.29 is 14.3 Å². The molecular weight excluding hydrogens is 372 g/mol. The van der Waals surface area contributed by atoms with E-state index in [1.54, 1.807) is 18.3 Å². The molecule has 0 N–H and O–H groups in total. The zero-order chi connectivity index (χ0) is 17.3. The molecule has 0 fully saturated rings. The minimum Gasteiger partial charge on any atom is -0.488 e. The number of nitrogens with zero attached hydrogens (tertiary/aromatic N) is 2.